The van der Waals surface area contributed by atoms with E-state index in [1.54, 1.807) is 29.2 Å². The summed E-state index contributed by atoms with van der Waals surface area (Å²) in [6, 6.07) is 14.3. The van der Waals surface area contributed by atoms with Crippen LogP contribution in [0.4, 0.5) is 0 Å². The molecule has 7 nitrogen and oxygen atoms in total. The molecule has 0 bridgehead atoms. The first kappa shape index (κ1) is 22.3. The van der Waals surface area contributed by atoms with E-state index in [9.17, 15) is 19.2 Å². The molecule has 0 aromatic heterocycles. The lowest BCUT2D eigenvalue weighted by Crippen LogP contribution is -2.49. The Balaban J connectivity index is 1.33. The SMILES string of the molecule is O=C(NC[C@H]1c2ccccc2CCN1C(=O)CN1C(=O)c2ccccc2C1=O)C1CCCCC1. The maximum Gasteiger partial charge on any atom is 0.262 e. The Morgan fingerprint density at radius 3 is 2.24 bits per heavy atom. The molecule has 0 unspecified atom stereocenters. The summed E-state index contributed by atoms with van der Waals surface area (Å²) in [5.74, 6) is -1.08. The smallest absolute Gasteiger partial charge is 0.262 e. The fourth-order valence-electron chi connectivity index (χ4n) is 5.49. The van der Waals surface area contributed by atoms with Gasteiger partial charge in [-0.3, -0.25) is 24.1 Å². The van der Waals surface area contributed by atoms with E-state index in [-0.39, 0.29) is 30.3 Å². The predicted octanol–water partition coefficient (Wildman–Crippen LogP) is 3.11. The zero-order valence-corrected chi connectivity index (χ0v) is 19.2. The van der Waals surface area contributed by atoms with Gasteiger partial charge in [0.25, 0.3) is 11.8 Å². The molecule has 4 amide bonds. The molecule has 1 aliphatic carbocycles. The van der Waals surface area contributed by atoms with E-state index in [1.165, 1.54) is 6.42 Å². The number of rotatable bonds is 5. The number of nitrogens with one attached hydrogen (secondary N) is 1. The molecule has 2 aromatic rings. The van der Waals surface area contributed by atoms with Crippen molar-refractivity contribution in [3.8, 4) is 0 Å². The zero-order valence-electron chi connectivity index (χ0n) is 19.2. The van der Waals surface area contributed by atoms with Crippen molar-refractivity contribution in [2.45, 2.75) is 44.6 Å². The summed E-state index contributed by atoms with van der Waals surface area (Å²) < 4.78 is 0. The highest BCUT2D eigenvalue weighted by atomic mass is 16.2. The largest absolute Gasteiger partial charge is 0.353 e. The van der Waals surface area contributed by atoms with Crippen LogP contribution in [-0.4, -0.2) is 53.1 Å². The third-order valence-electron chi connectivity index (χ3n) is 7.35. The molecular weight excluding hydrogens is 430 g/mol. The van der Waals surface area contributed by atoms with Gasteiger partial charge < -0.3 is 10.2 Å². The summed E-state index contributed by atoms with van der Waals surface area (Å²) in [7, 11) is 0. The first-order valence-electron chi connectivity index (χ1n) is 12.1. The second-order valence-corrected chi connectivity index (χ2v) is 9.37. The first-order chi connectivity index (χ1) is 16.5. The number of nitrogens with zero attached hydrogens (tertiary/aromatic N) is 2. The lowest BCUT2D eigenvalue weighted by atomic mass is 9.88. The third-order valence-corrected chi connectivity index (χ3v) is 7.35. The first-order valence-corrected chi connectivity index (χ1v) is 12.1. The maximum absolute atomic E-state index is 13.4. The Bertz CT molecular complexity index is 1100. The van der Waals surface area contributed by atoms with Gasteiger partial charge in [-0.25, -0.2) is 0 Å². The van der Waals surface area contributed by atoms with Gasteiger partial charge in [0, 0.05) is 19.0 Å². The molecule has 1 fully saturated rings. The standard InChI is InChI=1S/C27H29N3O4/c31-24(17-30-26(33)21-12-6-7-13-22(21)27(30)34)29-15-14-18-8-4-5-11-20(18)23(29)16-28-25(32)19-9-2-1-3-10-19/h4-8,11-13,19,23H,1-3,9-10,14-17H2,(H,28,32)/t23-/m0/s1. The molecule has 0 saturated heterocycles. The summed E-state index contributed by atoms with van der Waals surface area (Å²) in [4.78, 5) is 54.5. The van der Waals surface area contributed by atoms with Crippen molar-refractivity contribution in [3.05, 3.63) is 70.8 Å². The van der Waals surface area contributed by atoms with E-state index in [0.29, 0.717) is 30.6 Å². The summed E-state index contributed by atoms with van der Waals surface area (Å²) in [5.41, 5.74) is 2.83. The minimum Gasteiger partial charge on any atom is -0.353 e. The van der Waals surface area contributed by atoms with E-state index >= 15 is 0 Å². The fourth-order valence-corrected chi connectivity index (χ4v) is 5.49. The van der Waals surface area contributed by atoms with Crippen LogP contribution >= 0.6 is 0 Å². The second-order valence-electron chi connectivity index (χ2n) is 9.37. The van der Waals surface area contributed by atoms with E-state index in [0.717, 1.165) is 41.7 Å². The van der Waals surface area contributed by atoms with E-state index in [4.69, 9.17) is 0 Å². The number of fused-ring (bicyclic) bond motifs is 2. The highest BCUT2D eigenvalue weighted by Crippen LogP contribution is 2.31. The van der Waals surface area contributed by atoms with Crippen LogP contribution in [0.3, 0.4) is 0 Å². The summed E-state index contributed by atoms with van der Waals surface area (Å²) in [5, 5.41) is 3.09. The molecular formula is C27H29N3O4. The van der Waals surface area contributed by atoms with Gasteiger partial charge >= 0.3 is 0 Å². The van der Waals surface area contributed by atoms with Crippen molar-refractivity contribution < 1.29 is 19.2 Å². The molecule has 0 spiro atoms. The average Bonchev–Trinajstić information content (AvgIpc) is 3.12. The number of imide groups is 1. The van der Waals surface area contributed by atoms with Crippen LogP contribution in [0.2, 0.25) is 0 Å². The van der Waals surface area contributed by atoms with Gasteiger partial charge in [0.05, 0.1) is 17.2 Å². The van der Waals surface area contributed by atoms with Crippen LogP contribution in [0.15, 0.2) is 48.5 Å². The molecule has 2 aromatic carbocycles. The topological polar surface area (TPSA) is 86.8 Å². The molecule has 34 heavy (non-hydrogen) atoms. The average molecular weight is 460 g/mol. The molecule has 0 radical (unpaired) electrons. The van der Waals surface area contributed by atoms with Gasteiger partial charge in [-0.15, -0.1) is 0 Å². The molecule has 176 valence electrons. The van der Waals surface area contributed by atoms with E-state index < -0.39 is 11.8 Å². The number of hydrogen-bond acceptors (Lipinski definition) is 4. The molecule has 2 aliphatic heterocycles. The van der Waals surface area contributed by atoms with Gasteiger partial charge in [0.15, 0.2) is 0 Å². The summed E-state index contributed by atoms with van der Waals surface area (Å²) >= 11 is 0. The van der Waals surface area contributed by atoms with Crippen molar-refractivity contribution in [1.29, 1.82) is 0 Å². The predicted molar refractivity (Wildman–Crippen MR) is 126 cm³/mol. The maximum atomic E-state index is 13.4. The number of amides is 4. The molecule has 5 rings (SSSR count). The molecule has 1 N–H and O–H groups in total. The van der Waals surface area contributed by atoms with Crippen LogP contribution in [0.25, 0.3) is 0 Å². The molecule has 7 heteroatoms. The van der Waals surface area contributed by atoms with Gasteiger partial charge in [0.2, 0.25) is 11.8 Å². The highest BCUT2D eigenvalue weighted by Gasteiger charge is 2.39. The third kappa shape index (κ3) is 4.11. The second kappa shape index (κ2) is 9.41. The minimum atomic E-state index is -0.437. The minimum absolute atomic E-state index is 0.0371. The number of hydrogen-bond donors (Lipinski definition) is 1. The van der Waals surface area contributed by atoms with Crippen molar-refractivity contribution in [3.63, 3.8) is 0 Å². The van der Waals surface area contributed by atoms with Crippen molar-refractivity contribution in [2.24, 2.45) is 5.92 Å². The summed E-state index contributed by atoms with van der Waals surface area (Å²) in [6.07, 6.45) is 5.85. The monoisotopic (exact) mass is 459 g/mol. The number of benzene rings is 2. The lowest BCUT2D eigenvalue weighted by Gasteiger charge is -2.38. The summed E-state index contributed by atoms with van der Waals surface area (Å²) in [6.45, 7) is 0.491. The Morgan fingerprint density at radius 2 is 1.53 bits per heavy atom. The normalized spacial score (nSPS) is 20.2. The number of carbonyl (C=O) groups is 4. The molecule has 1 saturated carbocycles. The van der Waals surface area contributed by atoms with Gasteiger partial charge in [-0.1, -0.05) is 55.7 Å². The Hall–Kier alpha value is -3.48. The molecule has 2 heterocycles. The van der Waals surface area contributed by atoms with Gasteiger partial charge in [-0.2, -0.15) is 0 Å². The molecule has 1 atom stereocenters. The Labute approximate surface area is 199 Å². The van der Waals surface area contributed by atoms with Crippen molar-refractivity contribution in [2.75, 3.05) is 19.6 Å². The van der Waals surface area contributed by atoms with Gasteiger partial charge in [0.1, 0.15) is 6.54 Å². The van der Waals surface area contributed by atoms with Crippen LogP contribution in [0.5, 0.6) is 0 Å². The van der Waals surface area contributed by atoms with E-state index in [1.807, 2.05) is 18.2 Å². The van der Waals surface area contributed by atoms with Gasteiger partial charge in [-0.05, 0) is 42.5 Å². The van der Waals surface area contributed by atoms with Crippen LogP contribution in [0, 0.1) is 5.92 Å². The number of carbonyl (C=O) groups excluding carboxylic acids is 4. The Kier molecular flexibility index (Phi) is 6.18. The molecule has 3 aliphatic rings. The fraction of sp³-hybridized carbons (Fsp3) is 0.407. The van der Waals surface area contributed by atoms with Crippen LogP contribution < -0.4 is 5.32 Å². The van der Waals surface area contributed by atoms with Crippen molar-refractivity contribution >= 4 is 23.6 Å². The highest BCUT2D eigenvalue weighted by molar-refractivity contribution is 6.22. The zero-order chi connectivity index (χ0) is 23.7. The van der Waals surface area contributed by atoms with Crippen molar-refractivity contribution in [1.82, 2.24) is 15.1 Å². The van der Waals surface area contributed by atoms with Crippen LogP contribution in [0.1, 0.15) is 70.0 Å². The lowest BCUT2D eigenvalue weighted by molar-refractivity contribution is -0.135. The van der Waals surface area contributed by atoms with E-state index in [2.05, 4.69) is 11.4 Å². The quantitative estimate of drug-likeness (QED) is 0.696. The Morgan fingerprint density at radius 1 is 0.882 bits per heavy atom. The van der Waals surface area contributed by atoms with Crippen LogP contribution in [-0.2, 0) is 16.0 Å².